The maximum Gasteiger partial charge on any atom is 0.229 e. The van der Waals surface area contributed by atoms with Crippen LogP contribution in [0.5, 0.6) is 11.5 Å². The van der Waals surface area contributed by atoms with Gasteiger partial charge in [-0.1, -0.05) is 0 Å². The number of fused-ring (bicyclic) bond motifs is 1. The van der Waals surface area contributed by atoms with Crippen molar-refractivity contribution in [1.29, 1.82) is 0 Å². The molecule has 0 bridgehead atoms. The Balaban J connectivity index is 1.61. The molecule has 7 nitrogen and oxygen atoms in total. The molecule has 0 radical (unpaired) electrons. The smallest absolute Gasteiger partial charge is 0.229 e. The molecule has 122 valence electrons. The van der Waals surface area contributed by atoms with Crippen molar-refractivity contribution >= 4 is 39.3 Å². The first-order valence-corrected chi connectivity index (χ1v) is 8.06. The largest absolute Gasteiger partial charge is 0.486 e. The van der Waals surface area contributed by atoms with E-state index < -0.39 is 0 Å². The number of imide groups is 1. The van der Waals surface area contributed by atoms with Gasteiger partial charge in [0.05, 0.1) is 5.69 Å². The van der Waals surface area contributed by atoms with Crippen molar-refractivity contribution in [2.24, 2.45) is 0 Å². The summed E-state index contributed by atoms with van der Waals surface area (Å²) in [5.74, 6) is 0.468. The number of carbonyl (C=O) groups excluding carboxylic acids is 3. The second kappa shape index (κ2) is 6.57. The normalized spacial score (nSPS) is 16.7. The summed E-state index contributed by atoms with van der Waals surface area (Å²) in [5, 5.41) is 2.74. The van der Waals surface area contributed by atoms with E-state index in [2.05, 4.69) is 21.2 Å². The highest BCUT2D eigenvalue weighted by Gasteiger charge is 2.28. The van der Waals surface area contributed by atoms with Gasteiger partial charge in [-0.05, 0) is 15.9 Å². The summed E-state index contributed by atoms with van der Waals surface area (Å²) in [6.45, 7) is 1.05. The molecule has 23 heavy (non-hydrogen) atoms. The fraction of sp³-hybridized carbons (Fsp3) is 0.400. The van der Waals surface area contributed by atoms with E-state index in [-0.39, 0.29) is 43.5 Å². The summed E-state index contributed by atoms with van der Waals surface area (Å²) < 4.78 is 11.6. The van der Waals surface area contributed by atoms with Gasteiger partial charge in [-0.15, -0.1) is 0 Å². The van der Waals surface area contributed by atoms with E-state index >= 15 is 0 Å². The Hall–Kier alpha value is -2.09. The number of carbonyl (C=O) groups is 3. The maximum atomic E-state index is 12.0. The average Bonchev–Trinajstić information content (AvgIpc) is 2.85. The number of likely N-dealkylation sites (tertiary alicyclic amines) is 1. The number of hydrogen-bond donors (Lipinski definition) is 1. The number of ether oxygens (including phenoxy) is 2. The van der Waals surface area contributed by atoms with Gasteiger partial charge in [-0.2, -0.15) is 0 Å². The number of anilines is 1. The molecule has 0 atom stereocenters. The van der Waals surface area contributed by atoms with Crippen LogP contribution < -0.4 is 14.8 Å². The van der Waals surface area contributed by atoms with E-state index in [1.165, 1.54) is 0 Å². The Bertz CT molecular complexity index is 660. The molecule has 0 saturated carbocycles. The third kappa shape index (κ3) is 3.47. The molecule has 1 aromatic rings. The third-order valence-electron chi connectivity index (χ3n) is 3.62. The summed E-state index contributed by atoms with van der Waals surface area (Å²) in [6.07, 6.45) is 0.515. The van der Waals surface area contributed by atoms with Crippen LogP contribution in [0.4, 0.5) is 5.69 Å². The van der Waals surface area contributed by atoms with E-state index in [1.807, 2.05) is 0 Å². The van der Waals surface area contributed by atoms with Crippen molar-refractivity contribution < 1.29 is 23.9 Å². The van der Waals surface area contributed by atoms with E-state index in [9.17, 15) is 14.4 Å². The van der Waals surface area contributed by atoms with Gasteiger partial charge >= 0.3 is 0 Å². The van der Waals surface area contributed by atoms with E-state index in [0.29, 0.717) is 34.9 Å². The lowest BCUT2D eigenvalue weighted by atomic mass is 10.2. The molecule has 1 fully saturated rings. The molecule has 2 aliphatic heterocycles. The molecule has 2 aliphatic rings. The quantitative estimate of drug-likeness (QED) is 0.801. The van der Waals surface area contributed by atoms with Crippen molar-refractivity contribution in [1.82, 2.24) is 4.90 Å². The van der Waals surface area contributed by atoms with Crippen LogP contribution in [0.2, 0.25) is 0 Å². The summed E-state index contributed by atoms with van der Waals surface area (Å²) in [5.41, 5.74) is 0.554. The average molecular weight is 383 g/mol. The van der Waals surface area contributed by atoms with Crippen molar-refractivity contribution in [3.63, 3.8) is 0 Å². The minimum atomic E-state index is -0.283. The number of rotatable bonds is 4. The van der Waals surface area contributed by atoms with Gasteiger partial charge in [0.15, 0.2) is 11.5 Å². The first-order valence-electron chi connectivity index (χ1n) is 7.27. The van der Waals surface area contributed by atoms with Crippen LogP contribution in [0.25, 0.3) is 0 Å². The number of nitrogens with zero attached hydrogens (tertiary/aromatic N) is 1. The van der Waals surface area contributed by atoms with Crippen LogP contribution in [0.1, 0.15) is 19.3 Å². The standard InChI is InChI=1S/C15H15BrN2O5/c16-9-7-11-12(23-6-5-22-11)8-10(9)17-13(19)3-4-18-14(20)1-2-15(18)21/h7-8H,1-6H2,(H,17,19). The predicted molar refractivity (Wildman–Crippen MR) is 84.3 cm³/mol. The lowest BCUT2D eigenvalue weighted by molar-refractivity contribution is -0.138. The van der Waals surface area contributed by atoms with E-state index in [4.69, 9.17) is 9.47 Å². The fourth-order valence-electron chi connectivity index (χ4n) is 2.46. The number of benzene rings is 1. The Morgan fingerprint density at radius 1 is 1.13 bits per heavy atom. The van der Waals surface area contributed by atoms with Gasteiger partial charge in [-0.3, -0.25) is 19.3 Å². The number of nitrogens with one attached hydrogen (secondary N) is 1. The molecular weight excluding hydrogens is 368 g/mol. The predicted octanol–water partition coefficient (Wildman–Crippen LogP) is 1.70. The first-order chi connectivity index (χ1) is 11.0. The van der Waals surface area contributed by atoms with Crippen LogP contribution in [0.3, 0.4) is 0 Å². The number of hydrogen-bond acceptors (Lipinski definition) is 5. The highest BCUT2D eigenvalue weighted by molar-refractivity contribution is 9.10. The van der Waals surface area contributed by atoms with Crippen molar-refractivity contribution in [2.75, 3.05) is 25.1 Å². The summed E-state index contributed by atoms with van der Waals surface area (Å²) in [6, 6.07) is 3.42. The highest BCUT2D eigenvalue weighted by Crippen LogP contribution is 2.38. The van der Waals surface area contributed by atoms with Gasteiger partial charge in [0.2, 0.25) is 17.7 Å². The molecule has 8 heteroatoms. The van der Waals surface area contributed by atoms with Gasteiger partial charge in [-0.25, -0.2) is 0 Å². The summed E-state index contributed by atoms with van der Waals surface area (Å²) in [7, 11) is 0. The minimum Gasteiger partial charge on any atom is -0.486 e. The Morgan fingerprint density at radius 2 is 1.74 bits per heavy atom. The highest BCUT2D eigenvalue weighted by atomic mass is 79.9. The Kier molecular flexibility index (Phi) is 4.51. The minimum absolute atomic E-state index is 0.0539. The van der Waals surface area contributed by atoms with Gasteiger partial charge in [0.25, 0.3) is 0 Å². The molecular formula is C15H15BrN2O5. The van der Waals surface area contributed by atoms with Gasteiger partial charge < -0.3 is 14.8 Å². The molecule has 2 heterocycles. The van der Waals surface area contributed by atoms with Crippen molar-refractivity contribution in [3.8, 4) is 11.5 Å². The Labute approximate surface area is 141 Å². The summed E-state index contributed by atoms with van der Waals surface area (Å²) in [4.78, 5) is 36.2. The molecule has 1 aromatic carbocycles. The molecule has 0 aromatic heterocycles. The second-order valence-electron chi connectivity index (χ2n) is 5.21. The van der Waals surface area contributed by atoms with Crippen LogP contribution in [-0.2, 0) is 14.4 Å². The molecule has 3 amide bonds. The lowest BCUT2D eigenvalue weighted by Crippen LogP contribution is -2.32. The third-order valence-corrected chi connectivity index (χ3v) is 4.28. The monoisotopic (exact) mass is 382 g/mol. The molecule has 0 aliphatic carbocycles. The topological polar surface area (TPSA) is 84.9 Å². The summed E-state index contributed by atoms with van der Waals surface area (Å²) >= 11 is 3.37. The van der Waals surface area contributed by atoms with E-state index in [1.54, 1.807) is 12.1 Å². The number of halogens is 1. The van der Waals surface area contributed by atoms with Crippen LogP contribution in [0.15, 0.2) is 16.6 Å². The van der Waals surface area contributed by atoms with Gasteiger partial charge in [0.1, 0.15) is 13.2 Å². The molecule has 3 rings (SSSR count). The molecule has 1 saturated heterocycles. The number of amides is 3. The zero-order valence-corrected chi connectivity index (χ0v) is 13.8. The zero-order valence-electron chi connectivity index (χ0n) is 12.3. The second-order valence-corrected chi connectivity index (χ2v) is 6.07. The van der Waals surface area contributed by atoms with E-state index in [0.717, 1.165) is 4.90 Å². The van der Waals surface area contributed by atoms with Crippen molar-refractivity contribution in [2.45, 2.75) is 19.3 Å². The van der Waals surface area contributed by atoms with Crippen LogP contribution in [0, 0.1) is 0 Å². The first kappa shape index (κ1) is 15.8. The van der Waals surface area contributed by atoms with Gasteiger partial charge in [0, 0.05) is 42.4 Å². The molecule has 0 spiro atoms. The molecule has 1 N–H and O–H groups in total. The van der Waals surface area contributed by atoms with Crippen LogP contribution >= 0.6 is 15.9 Å². The zero-order chi connectivity index (χ0) is 16.4. The lowest BCUT2D eigenvalue weighted by Gasteiger charge is -2.20. The Morgan fingerprint density at radius 3 is 2.39 bits per heavy atom. The van der Waals surface area contributed by atoms with Crippen molar-refractivity contribution in [3.05, 3.63) is 16.6 Å². The SMILES string of the molecule is O=C(CCN1C(=O)CCC1=O)Nc1cc2c(cc1Br)OCCO2. The maximum absolute atomic E-state index is 12.0. The van der Waals surface area contributed by atoms with Crippen LogP contribution in [-0.4, -0.2) is 42.4 Å². The molecule has 0 unspecified atom stereocenters. The fourth-order valence-corrected chi connectivity index (χ4v) is 2.88.